The van der Waals surface area contributed by atoms with Crippen molar-refractivity contribution < 1.29 is 0 Å². The average molecular weight is 134 g/mol. The van der Waals surface area contributed by atoms with Gasteiger partial charge in [0.2, 0.25) is 0 Å². The summed E-state index contributed by atoms with van der Waals surface area (Å²) in [4.78, 5) is 0. The highest BCUT2D eigenvalue weighted by Gasteiger charge is 2.06. The van der Waals surface area contributed by atoms with Crippen LogP contribution in [0.3, 0.4) is 0 Å². The highest BCUT2D eigenvalue weighted by molar-refractivity contribution is 5.40. The smallest absolute Gasteiger partial charge is 0.0548 e. The van der Waals surface area contributed by atoms with E-state index in [9.17, 15) is 0 Å². The zero-order valence-electron chi connectivity index (χ0n) is 5.72. The Balaban J connectivity index is 2.32. The van der Waals surface area contributed by atoms with E-state index in [-0.39, 0.29) is 0 Å². The minimum Gasteiger partial charge on any atom is -0.385 e. The normalized spacial score (nSPS) is 21.6. The quantitative estimate of drug-likeness (QED) is 0.504. The van der Waals surface area contributed by atoms with Crippen LogP contribution >= 0.6 is 0 Å². The Morgan fingerprint density at radius 3 is 3.20 bits per heavy atom. The number of nitrogens with one attached hydrogen (secondary N) is 2. The molecule has 2 rings (SSSR count). The molecular formula is C8H10N2. The molecule has 2 aliphatic heterocycles. The van der Waals surface area contributed by atoms with E-state index in [1.54, 1.807) is 0 Å². The Hall–Kier alpha value is -1.18. The van der Waals surface area contributed by atoms with Gasteiger partial charge in [-0.2, -0.15) is 0 Å². The molecule has 0 aromatic rings. The second-order valence-electron chi connectivity index (χ2n) is 2.43. The lowest BCUT2D eigenvalue weighted by Crippen LogP contribution is -2.28. The summed E-state index contributed by atoms with van der Waals surface area (Å²) in [5.41, 5.74) is 2.62. The molecule has 0 spiro atoms. The lowest BCUT2D eigenvalue weighted by Gasteiger charge is -2.19. The number of allylic oxidation sites excluding steroid dienone is 3. The van der Waals surface area contributed by atoms with E-state index in [4.69, 9.17) is 0 Å². The molecule has 0 saturated carbocycles. The van der Waals surface area contributed by atoms with Crippen molar-refractivity contribution in [2.75, 3.05) is 13.1 Å². The van der Waals surface area contributed by atoms with Crippen molar-refractivity contribution in [2.45, 2.75) is 0 Å². The third-order valence-electron chi connectivity index (χ3n) is 1.74. The molecule has 0 fully saturated rings. The van der Waals surface area contributed by atoms with Crippen molar-refractivity contribution in [3.8, 4) is 0 Å². The van der Waals surface area contributed by atoms with Crippen LogP contribution < -0.4 is 10.6 Å². The van der Waals surface area contributed by atoms with Crippen molar-refractivity contribution >= 4 is 0 Å². The molecule has 2 heteroatoms. The van der Waals surface area contributed by atoms with Crippen molar-refractivity contribution in [1.29, 1.82) is 0 Å². The summed E-state index contributed by atoms with van der Waals surface area (Å²) in [6, 6.07) is 0. The fraction of sp³-hybridized carbons (Fsp3) is 0.250. The molecule has 2 nitrogen and oxygen atoms in total. The topological polar surface area (TPSA) is 24.1 Å². The third kappa shape index (κ3) is 0.817. The predicted octanol–water partition coefficient (Wildman–Crippen LogP) is 0.517. The van der Waals surface area contributed by atoms with Gasteiger partial charge in [0.05, 0.1) is 6.54 Å². The van der Waals surface area contributed by atoms with E-state index in [1.807, 2.05) is 6.20 Å². The second-order valence-corrected chi connectivity index (χ2v) is 2.43. The summed E-state index contributed by atoms with van der Waals surface area (Å²) in [7, 11) is 0. The SMILES string of the molecule is C1=CC2=C(CNC=C2)NC1. The van der Waals surface area contributed by atoms with Crippen LogP contribution in [0.5, 0.6) is 0 Å². The van der Waals surface area contributed by atoms with Gasteiger partial charge in [-0.3, -0.25) is 0 Å². The van der Waals surface area contributed by atoms with Crippen molar-refractivity contribution in [3.63, 3.8) is 0 Å². The summed E-state index contributed by atoms with van der Waals surface area (Å²) >= 11 is 0. The molecule has 0 atom stereocenters. The first-order chi connectivity index (χ1) is 4.97. The summed E-state index contributed by atoms with van der Waals surface area (Å²) in [5, 5.41) is 6.45. The zero-order valence-corrected chi connectivity index (χ0v) is 5.72. The molecule has 0 unspecified atom stereocenters. The van der Waals surface area contributed by atoms with Gasteiger partial charge in [0.1, 0.15) is 0 Å². The van der Waals surface area contributed by atoms with E-state index in [2.05, 4.69) is 28.9 Å². The van der Waals surface area contributed by atoms with Crippen LogP contribution in [0.15, 0.2) is 35.7 Å². The first-order valence-electron chi connectivity index (χ1n) is 3.50. The Kier molecular flexibility index (Phi) is 1.24. The Morgan fingerprint density at radius 1 is 1.30 bits per heavy atom. The first-order valence-corrected chi connectivity index (χ1v) is 3.50. The van der Waals surface area contributed by atoms with Crippen LogP contribution in [0.4, 0.5) is 0 Å². The van der Waals surface area contributed by atoms with Crippen LogP contribution in [0, 0.1) is 0 Å². The van der Waals surface area contributed by atoms with Crippen molar-refractivity contribution in [2.24, 2.45) is 0 Å². The second kappa shape index (κ2) is 2.21. The predicted molar refractivity (Wildman–Crippen MR) is 41.3 cm³/mol. The lowest BCUT2D eigenvalue weighted by atomic mass is 10.1. The average Bonchev–Trinajstić information content (AvgIpc) is 2.05. The number of dihydropyridines is 2. The minimum atomic E-state index is 0.941. The van der Waals surface area contributed by atoms with Gasteiger partial charge >= 0.3 is 0 Å². The standard InChI is InChI=1S/C8H10N2/c1-2-7-3-5-9-6-8(7)10-4-1/h1-3,5,9-10H,4,6H2. The molecule has 2 heterocycles. The fourth-order valence-corrected chi connectivity index (χ4v) is 1.20. The maximum atomic E-state index is 3.30. The summed E-state index contributed by atoms with van der Waals surface area (Å²) in [6.45, 7) is 1.91. The van der Waals surface area contributed by atoms with Gasteiger partial charge in [-0.05, 0) is 17.8 Å². The molecule has 0 aliphatic carbocycles. The molecule has 2 N–H and O–H groups in total. The van der Waals surface area contributed by atoms with Gasteiger partial charge in [0, 0.05) is 12.2 Å². The number of rotatable bonds is 0. The molecule has 0 aromatic heterocycles. The van der Waals surface area contributed by atoms with E-state index in [1.165, 1.54) is 11.3 Å². The highest BCUT2D eigenvalue weighted by Crippen LogP contribution is 2.10. The largest absolute Gasteiger partial charge is 0.385 e. The zero-order chi connectivity index (χ0) is 6.81. The molecule has 0 bridgehead atoms. The molecule has 0 radical (unpaired) electrons. The van der Waals surface area contributed by atoms with Crippen molar-refractivity contribution in [3.05, 3.63) is 35.7 Å². The molecule has 0 amide bonds. The Labute approximate surface area is 60.3 Å². The van der Waals surface area contributed by atoms with E-state index in [0.29, 0.717) is 0 Å². The summed E-state index contributed by atoms with van der Waals surface area (Å²) in [5.74, 6) is 0. The fourth-order valence-electron chi connectivity index (χ4n) is 1.20. The molecule has 2 aliphatic rings. The Bertz CT molecular complexity index is 201. The van der Waals surface area contributed by atoms with Gasteiger partial charge in [-0.15, -0.1) is 0 Å². The summed E-state index contributed by atoms with van der Waals surface area (Å²) < 4.78 is 0. The maximum absolute atomic E-state index is 3.30. The molecular weight excluding hydrogens is 124 g/mol. The van der Waals surface area contributed by atoms with Gasteiger partial charge in [-0.25, -0.2) is 0 Å². The third-order valence-corrected chi connectivity index (χ3v) is 1.74. The van der Waals surface area contributed by atoms with Crippen LogP contribution in [-0.4, -0.2) is 13.1 Å². The summed E-state index contributed by atoms with van der Waals surface area (Å²) in [6.07, 6.45) is 8.36. The minimum absolute atomic E-state index is 0.941. The Morgan fingerprint density at radius 2 is 2.30 bits per heavy atom. The van der Waals surface area contributed by atoms with Gasteiger partial charge in [0.25, 0.3) is 0 Å². The van der Waals surface area contributed by atoms with Gasteiger partial charge < -0.3 is 10.6 Å². The van der Waals surface area contributed by atoms with Crippen LogP contribution in [-0.2, 0) is 0 Å². The van der Waals surface area contributed by atoms with Crippen LogP contribution in [0.25, 0.3) is 0 Å². The van der Waals surface area contributed by atoms with Crippen LogP contribution in [0.1, 0.15) is 0 Å². The first kappa shape index (κ1) is 5.59. The monoisotopic (exact) mass is 134 g/mol. The van der Waals surface area contributed by atoms with Gasteiger partial charge in [0.15, 0.2) is 0 Å². The molecule has 0 aromatic carbocycles. The van der Waals surface area contributed by atoms with E-state index in [0.717, 1.165) is 13.1 Å². The number of hydrogen-bond acceptors (Lipinski definition) is 2. The highest BCUT2D eigenvalue weighted by atomic mass is 15.0. The lowest BCUT2D eigenvalue weighted by molar-refractivity contribution is 0.777. The molecule has 0 saturated heterocycles. The molecule has 10 heavy (non-hydrogen) atoms. The van der Waals surface area contributed by atoms with Crippen molar-refractivity contribution in [1.82, 2.24) is 10.6 Å². The van der Waals surface area contributed by atoms with Crippen LogP contribution in [0.2, 0.25) is 0 Å². The van der Waals surface area contributed by atoms with E-state index < -0.39 is 0 Å². The van der Waals surface area contributed by atoms with E-state index >= 15 is 0 Å². The molecule has 52 valence electrons. The van der Waals surface area contributed by atoms with Gasteiger partial charge in [-0.1, -0.05) is 12.2 Å². The number of hydrogen-bond donors (Lipinski definition) is 2. The maximum Gasteiger partial charge on any atom is 0.0548 e.